The maximum Gasteiger partial charge on any atom is 0.416 e. The maximum absolute atomic E-state index is 13.1. The van der Waals surface area contributed by atoms with Crippen LogP contribution in [0.4, 0.5) is 13.2 Å². The summed E-state index contributed by atoms with van der Waals surface area (Å²) in [6, 6.07) is 20.6. The van der Waals surface area contributed by atoms with E-state index in [-0.39, 0.29) is 17.4 Å². The van der Waals surface area contributed by atoms with Gasteiger partial charge in [0.15, 0.2) is 11.6 Å². The topological polar surface area (TPSA) is 101 Å². The van der Waals surface area contributed by atoms with Crippen LogP contribution in [0.25, 0.3) is 39.7 Å². The quantitative estimate of drug-likeness (QED) is 0.240. The van der Waals surface area contributed by atoms with Gasteiger partial charge in [-0.15, -0.1) is 0 Å². The van der Waals surface area contributed by atoms with Gasteiger partial charge in [0, 0.05) is 36.0 Å². The number of likely N-dealkylation sites (tertiary alicyclic amines) is 1. The second-order valence-corrected chi connectivity index (χ2v) is 11.0. The van der Waals surface area contributed by atoms with Gasteiger partial charge in [0.1, 0.15) is 11.5 Å². The molecule has 0 saturated carbocycles. The van der Waals surface area contributed by atoms with Crippen molar-refractivity contribution < 1.29 is 13.2 Å². The standard InChI is InChI=1S/C32H28F3N9/c1-20-37-31-38-28(26(19-44(31)42-20)22-5-3-2-4-6-22)23-9-7-21(8-10-23)18-43-15-12-24(13-16-43)29-39-30(41-40-29)27-17-25(11-14-36-27)32(33,34)35/h2-11,14,17,19,24H,12-13,15-16,18H2,1H3,(H,39,40,41). The molecule has 0 unspecified atom stereocenters. The number of H-pyrrole nitrogens is 1. The molecule has 6 aromatic rings. The fraction of sp³-hybridized carbons (Fsp3) is 0.250. The van der Waals surface area contributed by atoms with Crippen molar-refractivity contribution in [2.75, 3.05) is 13.1 Å². The molecule has 9 nitrogen and oxygen atoms in total. The van der Waals surface area contributed by atoms with Gasteiger partial charge in [0.25, 0.3) is 5.78 Å². The number of hydrogen-bond donors (Lipinski definition) is 1. The number of aromatic amines is 1. The number of benzene rings is 2. The predicted octanol–water partition coefficient (Wildman–Crippen LogP) is 6.35. The van der Waals surface area contributed by atoms with E-state index in [1.807, 2.05) is 31.3 Å². The van der Waals surface area contributed by atoms with Crippen LogP contribution in [0, 0.1) is 6.92 Å². The fourth-order valence-electron chi connectivity index (χ4n) is 5.66. The van der Waals surface area contributed by atoms with Crippen LogP contribution in [0.3, 0.4) is 0 Å². The van der Waals surface area contributed by atoms with E-state index < -0.39 is 11.7 Å². The summed E-state index contributed by atoms with van der Waals surface area (Å²) >= 11 is 0. The monoisotopic (exact) mass is 595 g/mol. The molecule has 1 saturated heterocycles. The first-order valence-electron chi connectivity index (χ1n) is 14.4. The summed E-state index contributed by atoms with van der Waals surface area (Å²) < 4.78 is 41.1. The van der Waals surface area contributed by atoms with Gasteiger partial charge in [0.05, 0.1) is 11.3 Å². The normalized spacial score (nSPS) is 14.8. The number of alkyl halides is 3. The number of halogens is 3. The number of aromatic nitrogens is 8. The number of piperidine rings is 1. The van der Waals surface area contributed by atoms with Gasteiger partial charge in [0.2, 0.25) is 0 Å². The van der Waals surface area contributed by atoms with Crippen molar-refractivity contribution >= 4 is 5.78 Å². The van der Waals surface area contributed by atoms with E-state index in [1.54, 1.807) is 4.52 Å². The van der Waals surface area contributed by atoms with Gasteiger partial charge < -0.3 is 0 Å². The highest BCUT2D eigenvalue weighted by Crippen LogP contribution is 2.33. The van der Waals surface area contributed by atoms with Crippen LogP contribution in [0.1, 0.15) is 41.5 Å². The van der Waals surface area contributed by atoms with E-state index in [0.717, 1.165) is 73.2 Å². The molecule has 0 amide bonds. The van der Waals surface area contributed by atoms with Gasteiger partial charge in [-0.1, -0.05) is 54.6 Å². The molecule has 0 aliphatic carbocycles. The van der Waals surface area contributed by atoms with Crippen LogP contribution in [0.5, 0.6) is 0 Å². The first-order chi connectivity index (χ1) is 21.3. The van der Waals surface area contributed by atoms with Crippen LogP contribution in [-0.4, -0.2) is 57.7 Å². The van der Waals surface area contributed by atoms with Gasteiger partial charge >= 0.3 is 6.18 Å². The number of pyridine rings is 1. The van der Waals surface area contributed by atoms with Crippen molar-refractivity contribution in [3.05, 3.63) is 102 Å². The molecular weight excluding hydrogens is 567 g/mol. The molecule has 222 valence electrons. The molecule has 1 aliphatic heterocycles. The second-order valence-electron chi connectivity index (χ2n) is 11.0. The summed E-state index contributed by atoms with van der Waals surface area (Å²) in [6.07, 6.45) is 0.390. The number of nitrogens with one attached hydrogen (secondary N) is 1. The number of rotatable bonds is 6. The van der Waals surface area contributed by atoms with Crippen LogP contribution >= 0.6 is 0 Å². The summed E-state index contributed by atoms with van der Waals surface area (Å²) in [5, 5.41) is 11.5. The second kappa shape index (κ2) is 11.3. The van der Waals surface area contributed by atoms with Crippen LogP contribution < -0.4 is 0 Å². The van der Waals surface area contributed by atoms with Crippen molar-refractivity contribution in [2.24, 2.45) is 0 Å². The Morgan fingerprint density at radius 2 is 1.68 bits per heavy atom. The molecule has 4 aromatic heterocycles. The highest BCUT2D eigenvalue weighted by molar-refractivity contribution is 5.81. The Kier molecular flexibility index (Phi) is 7.13. The van der Waals surface area contributed by atoms with Crippen LogP contribution in [0.2, 0.25) is 0 Å². The minimum atomic E-state index is -4.44. The minimum Gasteiger partial charge on any atom is -0.299 e. The summed E-state index contributed by atoms with van der Waals surface area (Å²) in [4.78, 5) is 20.3. The SMILES string of the molecule is Cc1nc2nc(-c3ccc(CN4CCC(c5n[nH]c(-c6cc(C(F)(F)F)ccn6)n5)CC4)cc3)c(-c3ccccc3)cn2n1. The molecule has 1 N–H and O–H groups in total. The fourth-order valence-corrected chi connectivity index (χ4v) is 5.66. The first-order valence-corrected chi connectivity index (χ1v) is 14.4. The molecule has 12 heteroatoms. The van der Waals surface area contributed by atoms with Crippen molar-refractivity contribution in [3.63, 3.8) is 0 Å². The summed E-state index contributed by atoms with van der Waals surface area (Å²) in [7, 11) is 0. The Hall–Kier alpha value is -4.97. The first kappa shape index (κ1) is 27.8. The zero-order valence-corrected chi connectivity index (χ0v) is 23.8. The smallest absolute Gasteiger partial charge is 0.299 e. The van der Waals surface area contributed by atoms with Crippen molar-refractivity contribution in [2.45, 2.75) is 38.4 Å². The third-order valence-electron chi connectivity index (χ3n) is 7.94. The molecule has 0 bridgehead atoms. The number of nitrogens with zero attached hydrogens (tertiary/aromatic N) is 8. The van der Waals surface area contributed by atoms with E-state index in [4.69, 9.17) is 4.98 Å². The zero-order chi connectivity index (χ0) is 30.3. The maximum atomic E-state index is 13.1. The predicted molar refractivity (Wildman–Crippen MR) is 158 cm³/mol. The third kappa shape index (κ3) is 5.68. The molecule has 1 aliphatic rings. The molecule has 2 aromatic carbocycles. The van der Waals surface area contributed by atoms with E-state index in [1.165, 1.54) is 5.56 Å². The zero-order valence-electron chi connectivity index (χ0n) is 23.8. The summed E-state index contributed by atoms with van der Waals surface area (Å²) in [5.41, 5.74) is 4.46. The molecule has 44 heavy (non-hydrogen) atoms. The molecule has 0 radical (unpaired) electrons. The van der Waals surface area contributed by atoms with E-state index in [9.17, 15) is 13.2 Å². The van der Waals surface area contributed by atoms with E-state index in [2.05, 4.69) is 71.5 Å². The average molecular weight is 596 g/mol. The average Bonchev–Trinajstić information content (AvgIpc) is 3.67. The lowest BCUT2D eigenvalue weighted by Crippen LogP contribution is -2.32. The summed E-state index contributed by atoms with van der Waals surface area (Å²) in [5.74, 6) is 2.22. The lowest BCUT2D eigenvalue weighted by molar-refractivity contribution is -0.137. The van der Waals surface area contributed by atoms with Crippen LogP contribution in [0.15, 0.2) is 79.1 Å². The lowest BCUT2D eigenvalue weighted by Gasteiger charge is -2.30. The summed E-state index contributed by atoms with van der Waals surface area (Å²) in [6.45, 7) is 4.39. The Labute approximate surface area is 250 Å². The Bertz CT molecular complexity index is 1910. The van der Waals surface area contributed by atoms with Crippen molar-refractivity contribution in [1.29, 1.82) is 0 Å². The number of fused-ring (bicyclic) bond motifs is 1. The highest BCUT2D eigenvalue weighted by Gasteiger charge is 2.31. The highest BCUT2D eigenvalue weighted by atomic mass is 19.4. The van der Waals surface area contributed by atoms with Gasteiger partial charge in [-0.3, -0.25) is 15.0 Å². The molecule has 0 atom stereocenters. The van der Waals surface area contributed by atoms with Crippen molar-refractivity contribution in [3.8, 4) is 33.9 Å². The third-order valence-corrected chi connectivity index (χ3v) is 7.94. The molecule has 7 rings (SSSR count). The van der Waals surface area contributed by atoms with Crippen LogP contribution in [-0.2, 0) is 12.7 Å². The largest absolute Gasteiger partial charge is 0.416 e. The molecule has 5 heterocycles. The number of aryl methyl sites for hydroxylation is 1. The Morgan fingerprint density at radius 3 is 2.43 bits per heavy atom. The number of hydrogen-bond acceptors (Lipinski definition) is 7. The van der Waals surface area contributed by atoms with Gasteiger partial charge in [-0.2, -0.15) is 28.4 Å². The minimum absolute atomic E-state index is 0.127. The lowest BCUT2D eigenvalue weighted by atomic mass is 9.95. The van der Waals surface area contributed by atoms with Gasteiger partial charge in [-0.25, -0.2) is 14.5 Å². The van der Waals surface area contributed by atoms with E-state index in [0.29, 0.717) is 17.4 Å². The molecule has 0 spiro atoms. The van der Waals surface area contributed by atoms with Crippen molar-refractivity contribution in [1.82, 2.24) is 44.6 Å². The molecule has 1 fully saturated rings. The Morgan fingerprint density at radius 1 is 0.909 bits per heavy atom. The van der Waals surface area contributed by atoms with Gasteiger partial charge in [-0.05, 0) is 56.1 Å². The van der Waals surface area contributed by atoms with E-state index >= 15 is 0 Å². The Balaban J connectivity index is 1.02. The molecular formula is C32H28F3N9.